The van der Waals surface area contributed by atoms with Crippen LogP contribution in [0.25, 0.3) is 0 Å². The number of rotatable bonds is 4. The van der Waals surface area contributed by atoms with Crippen molar-refractivity contribution in [2.45, 2.75) is 6.92 Å². The summed E-state index contributed by atoms with van der Waals surface area (Å²) in [5.74, 6) is -0.528. The highest BCUT2D eigenvalue weighted by atomic mass is 16.6. The zero-order valence-electron chi connectivity index (χ0n) is 9.34. The van der Waals surface area contributed by atoms with Crippen molar-refractivity contribution in [3.63, 3.8) is 0 Å². The van der Waals surface area contributed by atoms with Gasteiger partial charge in [0.25, 0.3) is 11.6 Å². The summed E-state index contributed by atoms with van der Waals surface area (Å²) in [6.45, 7) is 1.51. The number of ether oxygens (including phenoxy) is 1. The van der Waals surface area contributed by atoms with Crippen molar-refractivity contribution in [1.82, 2.24) is 5.43 Å². The molecule has 0 unspecified atom stereocenters. The van der Waals surface area contributed by atoms with Gasteiger partial charge in [0, 0.05) is 11.6 Å². The summed E-state index contributed by atoms with van der Waals surface area (Å²) in [6.07, 6.45) is 1.05. The Morgan fingerprint density at radius 2 is 2.29 bits per heavy atom. The minimum absolute atomic E-state index is 0.103. The number of nitrogens with zero attached hydrogens (tertiary/aromatic N) is 2. The highest BCUT2D eigenvalue weighted by Gasteiger charge is 2.17. The van der Waals surface area contributed by atoms with E-state index in [9.17, 15) is 14.9 Å². The summed E-state index contributed by atoms with van der Waals surface area (Å²) in [5, 5.41) is 14.1. The second-order valence-corrected chi connectivity index (χ2v) is 3.12. The fourth-order valence-corrected chi connectivity index (χ4v) is 1.27. The van der Waals surface area contributed by atoms with Crippen LogP contribution in [0.2, 0.25) is 0 Å². The Morgan fingerprint density at radius 1 is 1.59 bits per heavy atom. The van der Waals surface area contributed by atoms with E-state index in [2.05, 4.69) is 15.3 Å². The van der Waals surface area contributed by atoms with Crippen LogP contribution in [0, 0.1) is 17.0 Å². The van der Waals surface area contributed by atoms with Gasteiger partial charge in [-0.1, -0.05) is 6.07 Å². The second-order valence-electron chi connectivity index (χ2n) is 3.12. The first kappa shape index (κ1) is 12.6. The van der Waals surface area contributed by atoms with Gasteiger partial charge in [-0.2, -0.15) is 0 Å². The van der Waals surface area contributed by atoms with E-state index in [4.69, 9.17) is 0 Å². The summed E-state index contributed by atoms with van der Waals surface area (Å²) in [4.78, 5) is 21.8. The molecule has 0 aliphatic heterocycles. The van der Waals surface area contributed by atoms with E-state index in [1.807, 2.05) is 0 Å². The lowest BCUT2D eigenvalue weighted by molar-refractivity contribution is -0.385. The van der Waals surface area contributed by atoms with E-state index in [1.165, 1.54) is 32.2 Å². The van der Waals surface area contributed by atoms with Crippen LogP contribution in [0.5, 0.6) is 0 Å². The molecule has 0 saturated carbocycles. The minimum Gasteiger partial charge on any atom is -0.485 e. The molecule has 90 valence electrons. The fraction of sp³-hybridized carbons (Fsp3) is 0.200. The number of nitro groups is 1. The van der Waals surface area contributed by atoms with E-state index in [0.717, 1.165) is 6.40 Å². The van der Waals surface area contributed by atoms with Gasteiger partial charge in [0.1, 0.15) is 0 Å². The average Bonchev–Trinajstić information content (AvgIpc) is 2.29. The van der Waals surface area contributed by atoms with E-state index < -0.39 is 10.8 Å². The van der Waals surface area contributed by atoms with Crippen LogP contribution in [-0.2, 0) is 4.74 Å². The molecular weight excluding hydrogens is 226 g/mol. The highest BCUT2D eigenvalue weighted by Crippen LogP contribution is 2.20. The summed E-state index contributed by atoms with van der Waals surface area (Å²) in [7, 11) is 1.38. The van der Waals surface area contributed by atoms with Crippen LogP contribution < -0.4 is 5.43 Å². The van der Waals surface area contributed by atoms with Crippen LogP contribution in [0.4, 0.5) is 5.69 Å². The molecule has 7 nitrogen and oxygen atoms in total. The number of hydrogen-bond donors (Lipinski definition) is 1. The van der Waals surface area contributed by atoms with Gasteiger partial charge in [0.15, 0.2) is 6.40 Å². The fourth-order valence-electron chi connectivity index (χ4n) is 1.27. The quantitative estimate of drug-likeness (QED) is 0.368. The topological polar surface area (TPSA) is 93.8 Å². The number of methoxy groups -OCH3 is 1. The van der Waals surface area contributed by atoms with Crippen molar-refractivity contribution in [2.24, 2.45) is 5.10 Å². The van der Waals surface area contributed by atoms with E-state index in [-0.39, 0.29) is 11.3 Å². The first-order chi connectivity index (χ1) is 8.07. The molecule has 0 radical (unpaired) electrons. The van der Waals surface area contributed by atoms with Crippen molar-refractivity contribution < 1.29 is 14.5 Å². The van der Waals surface area contributed by atoms with Crippen molar-refractivity contribution in [2.75, 3.05) is 7.11 Å². The van der Waals surface area contributed by atoms with Crippen LogP contribution in [-0.4, -0.2) is 24.3 Å². The minimum atomic E-state index is -0.537. The van der Waals surface area contributed by atoms with E-state index >= 15 is 0 Å². The zero-order chi connectivity index (χ0) is 12.8. The predicted octanol–water partition coefficient (Wildman–Crippen LogP) is 1.22. The molecule has 1 amide bonds. The SMILES string of the molecule is COC=NNC(=O)c1cccc([N+](=O)[O-])c1C. The molecule has 0 aromatic heterocycles. The first-order valence-electron chi connectivity index (χ1n) is 4.66. The van der Waals surface area contributed by atoms with Gasteiger partial charge in [-0.3, -0.25) is 14.9 Å². The zero-order valence-corrected chi connectivity index (χ0v) is 9.34. The predicted molar refractivity (Wildman–Crippen MR) is 60.8 cm³/mol. The molecule has 0 aliphatic rings. The van der Waals surface area contributed by atoms with E-state index in [0.29, 0.717) is 5.56 Å². The molecule has 0 atom stereocenters. The van der Waals surface area contributed by atoms with Crippen molar-refractivity contribution in [3.05, 3.63) is 39.4 Å². The van der Waals surface area contributed by atoms with Crippen LogP contribution >= 0.6 is 0 Å². The number of nitrogens with one attached hydrogen (secondary N) is 1. The molecule has 0 spiro atoms. The maximum absolute atomic E-state index is 11.6. The van der Waals surface area contributed by atoms with Crippen LogP contribution in [0.15, 0.2) is 23.3 Å². The summed E-state index contributed by atoms with van der Waals surface area (Å²) < 4.78 is 4.51. The Kier molecular flexibility index (Phi) is 4.15. The molecule has 0 aliphatic carbocycles. The maximum atomic E-state index is 11.6. The monoisotopic (exact) mass is 237 g/mol. The number of hydrogen-bond acceptors (Lipinski definition) is 5. The molecule has 0 saturated heterocycles. The third-order valence-electron chi connectivity index (χ3n) is 2.07. The molecule has 1 aromatic rings. The summed E-state index contributed by atoms with van der Waals surface area (Å²) in [6, 6.07) is 4.27. The van der Waals surface area contributed by atoms with Gasteiger partial charge in [0.05, 0.1) is 17.6 Å². The van der Waals surface area contributed by atoms with Gasteiger partial charge in [-0.25, -0.2) is 5.43 Å². The molecule has 1 N–H and O–H groups in total. The highest BCUT2D eigenvalue weighted by molar-refractivity contribution is 5.96. The van der Waals surface area contributed by atoms with Crippen molar-refractivity contribution >= 4 is 18.0 Å². The number of carbonyl (C=O) groups is 1. The lowest BCUT2D eigenvalue weighted by Gasteiger charge is -2.04. The lowest BCUT2D eigenvalue weighted by atomic mass is 10.1. The Bertz CT molecular complexity index is 471. The molecular formula is C10H11N3O4. The molecule has 17 heavy (non-hydrogen) atoms. The van der Waals surface area contributed by atoms with Gasteiger partial charge >= 0.3 is 0 Å². The number of nitro benzene ring substituents is 1. The van der Waals surface area contributed by atoms with E-state index in [1.54, 1.807) is 0 Å². The second kappa shape index (κ2) is 5.59. The van der Waals surface area contributed by atoms with Gasteiger partial charge in [-0.05, 0) is 13.0 Å². The Hall–Kier alpha value is -2.44. The molecule has 0 bridgehead atoms. The Balaban J connectivity index is 2.98. The Morgan fingerprint density at radius 3 is 2.88 bits per heavy atom. The molecule has 0 heterocycles. The third kappa shape index (κ3) is 3.00. The summed E-state index contributed by atoms with van der Waals surface area (Å²) >= 11 is 0. The number of amides is 1. The smallest absolute Gasteiger partial charge is 0.273 e. The largest absolute Gasteiger partial charge is 0.485 e. The lowest BCUT2D eigenvalue weighted by Crippen LogP contribution is -2.19. The first-order valence-corrected chi connectivity index (χ1v) is 4.66. The van der Waals surface area contributed by atoms with Gasteiger partial charge < -0.3 is 4.74 Å². The van der Waals surface area contributed by atoms with Crippen molar-refractivity contribution in [3.8, 4) is 0 Å². The average molecular weight is 237 g/mol. The standard InChI is InChI=1S/C10H11N3O4/c1-7-8(10(14)12-11-6-17-2)4-3-5-9(7)13(15)16/h3-6H,1-2H3,(H,12,14). The molecule has 7 heteroatoms. The van der Waals surface area contributed by atoms with Crippen LogP contribution in [0.1, 0.15) is 15.9 Å². The van der Waals surface area contributed by atoms with Gasteiger partial charge in [-0.15, -0.1) is 5.10 Å². The molecule has 1 aromatic carbocycles. The molecule has 0 fully saturated rings. The van der Waals surface area contributed by atoms with Crippen LogP contribution in [0.3, 0.4) is 0 Å². The molecule has 1 rings (SSSR count). The number of hydrazone groups is 1. The van der Waals surface area contributed by atoms with Crippen molar-refractivity contribution in [1.29, 1.82) is 0 Å². The maximum Gasteiger partial charge on any atom is 0.273 e. The number of benzene rings is 1. The third-order valence-corrected chi connectivity index (χ3v) is 2.07. The normalized spacial score (nSPS) is 10.2. The van der Waals surface area contributed by atoms with Gasteiger partial charge in [0.2, 0.25) is 0 Å². The number of carbonyl (C=O) groups excluding carboxylic acids is 1. The summed E-state index contributed by atoms with van der Waals surface area (Å²) in [5.41, 5.74) is 2.58. The Labute approximate surface area is 97.2 Å².